The number of amides is 2. The topological polar surface area (TPSA) is 111 Å². The minimum atomic E-state index is -3.70. The lowest BCUT2D eigenvalue weighted by atomic mass is 9.85. The van der Waals surface area contributed by atoms with Gasteiger partial charge in [-0.25, -0.2) is 18.4 Å². The van der Waals surface area contributed by atoms with Gasteiger partial charge in [0.15, 0.2) is 6.73 Å². The largest absolute Gasteiger partial charge is 0.473 e. The molecule has 0 saturated carbocycles. The highest BCUT2D eigenvalue weighted by atomic mass is 32.2. The molecule has 0 fully saturated rings. The molecule has 2 aromatic carbocycles. The number of hydrogen-bond donors (Lipinski definition) is 3. The van der Waals surface area contributed by atoms with E-state index in [0.717, 1.165) is 22.4 Å². The normalized spacial score (nSPS) is 11.8. The number of ether oxygens (including phenoxy) is 1. The van der Waals surface area contributed by atoms with Crippen molar-refractivity contribution in [1.29, 1.82) is 0 Å². The van der Waals surface area contributed by atoms with Gasteiger partial charge in [0, 0.05) is 6.54 Å². The average Bonchev–Trinajstić information content (AvgIpc) is 2.62. The fraction of sp³-hybridized carbons (Fsp3) is 0.381. The molecular weight excluding hydrogens is 390 g/mol. The van der Waals surface area contributed by atoms with Crippen molar-refractivity contribution in [2.45, 2.75) is 44.4 Å². The van der Waals surface area contributed by atoms with E-state index in [4.69, 9.17) is 9.88 Å². The predicted octanol–water partition coefficient (Wildman–Crippen LogP) is 2.82. The lowest BCUT2D eigenvalue weighted by Gasteiger charge is -2.23. The molecule has 0 atom stereocenters. The van der Waals surface area contributed by atoms with Gasteiger partial charge < -0.3 is 15.4 Å². The van der Waals surface area contributed by atoms with Gasteiger partial charge in [0.2, 0.25) is 10.0 Å². The standard InChI is InChI=1S/C21H29N3O4S/c1-15-5-10-19(18(13-15)21(2,3)4)28-14-24-20(25)23-12-11-16-6-8-17(9-7-16)29(22,26)27/h5-10,13H,11-12,14H2,1-4H3,(H2,22,26,27)(H2,23,24,25). The fourth-order valence-corrected chi connectivity index (χ4v) is 3.28. The third kappa shape index (κ3) is 7.07. The fourth-order valence-electron chi connectivity index (χ4n) is 2.76. The molecule has 0 spiro atoms. The molecule has 0 aliphatic heterocycles. The highest BCUT2D eigenvalue weighted by Gasteiger charge is 2.19. The summed E-state index contributed by atoms with van der Waals surface area (Å²) in [6.45, 7) is 8.84. The van der Waals surface area contributed by atoms with Crippen LogP contribution in [0.5, 0.6) is 5.75 Å². The molecule has 0 radical (unpaired) electrons. The zero-order chi connectivity index (χ0) is 21.7. The Hall–Kier alpha value is -2.58. The van der Waals surface area contributed by atoms with Gasteiger partial charge in [-0.2, -0.15) is 0 Å². The first-order valence-corrected chi connectivity index (χ1v) is 10.9. The van der Waals surface area contributed by atoms with E-state index in [9.17, 15) is 13.2 Å². The molecule has 29 heavy (non-hydrogen) atoms. The summed E-state index contributed by atoms with van der Waals surface area (Å²) in [7, 11) is -3.70. The monoisotopic (exact) mass is 419 g/mol. The number of carbonyl (C=O) groups excluding carboxylic acids is 1. The van der Waals surface area contributed by atoms with E-state index in [1.165, 1.54) is 12.1 Å². The summed E-state index contributed by atoms with van der Waals surface area (Å²) >= 11 is 0. The van der Waals surface area contributed by atoms with Crippen LogP contribution in [0.4, 0.5) is 4.79 Å². The number of benzene rings is 2. The lowest BCUT2D eigenvalue weighted by molar-refractivity contribution is 0.223. The molecule has 8 heteroatoms. The van der Waals surface area contributed by atoms with Gasteiger partial charge >= 0.3 is 6.03 Å². The molecule has 0 aliphatic carbocycles. The molecule has 2 aromatic rings. The molecule has 7 nitrogen and oxygen atoms in total. The zero-order valence-corrected chi connectivity index (χ0v) is 18.1. The van der Waals surface area contributed by atoms with E-state index in [2.05, 4.69) is 37.5 Å². The Balaban J connectivity index is 1.78. The summed E-state index contributed by atoms with van der Waals surface area (Å²) in [5.41, 5.74) is 3.07. The second-order valence-electron chi connectivity index (χ2n) is 7.91. The number of hydrogen-bond acceptors (Lipinski definition) is 4. The summed E-state index contributed by atoms with van der Waals surface area (Å²) < 4.78 is 28.2. The van der Waals surface area contributed by atoms with Crippen molar-refractivity contribution < 1.29 is 17.9 Å². The molecule has 2 rings (SSSR count). The van der Waals surface area contributed by atoms with Crippen molar-refractivity contribution in [3.05, 3.63) is 59.2 Å². The van der Waals surface area contributed by atoms with Crippen molar-refractivity contribution in [3.63, 3.8) is 0 Å². The first-order chi connectivity index (χ1) is 13.5. The molecule has 0 aromatic heterocycles. The van der Waals surface area contributed by atoms with Gasteiger partial charge in [-0.15, -0.1) is 0 Å². The van der Waals surface area contributed by atoms with Crippen LogP contribution < -0.4 is 20.5 Å². The minimum Gasteiger partial charge on any atom is -0.473 e. The number of urea groups is 1. The number of sulfonamides is 1. The first kappa shape index (κ1) is 22.7. The van der Waals surface area contributed by atoms with Gasteiger partial charge in [-0.1, -0.05) is 50.6 Å². The zero-order valence-electron chi connectivity index (χ0n) is 17.3. The summed E-state index contributed by atoms with van der Waals surface area (Å²) in [5, 5.41) is 10.5. The van der Waals surface area contributed by atoms with Crippen LogP contribution in [0.25, 0.3) is 0 Å². The Morgan fingerprint density at radius 1 is 1.07 bits per heavy atom. The molecule has 0 unspecified atom stereocenters. The summed E-state index contributed by atoms with van der Waals surface area (Å²) in [4.78, 5) is 12.0. The van der Waals surface area contributed by atoms with Crippen LogP contribution in [-0.4, -0.2) is 27.7 Å². The quantitative estimate of drug-likeness (QED) is 0.599. The van der Waals surface area contributed by atoms with Crippen LogP contribution >= 0.6 is 0 Å². The Labute approximate surface area is 172 Å². The number of nitrogens with two attached hydrogens (primary N) is 1. The van der Waals surface area contributed by atoms with E-state index in [0.29, 0.717) is 13.0 Å². The van der Waals surface area contributed by atoms with Gasteiger partial charge in [0.05, 0.1) is 4.90 Å². The third-order valence-corrected chi connectivity index (χ3v) is 5.28. The second-order valence-corrected chi connectivity index (χ2v) is 9.47. The molecule has 0 heterocycles. The van der Waals surface area contributed by atoms with Crippen molar-refractivity contribution in [3.8, 4) is 5.75 Å². The van der Waals surface area contributed by atoms with E-state index < -0.39 is 10.0 Å². The Morgan fingerprint density at radius 2 is 1.72 bits per heavy atom. The summed E-state index contributed by atoms with van der Waals surface area (Å²) in [6.07, 6.45) is 0.561. The number of carbonyl (C=O) groups is 1. The van der Waals surface area contributed by atoms with Gasteiger partial charge in [-0.3, -0.25) is 0 Å². The Morgan fingerprint density at radius 3 is 2.31 bits per heavy atom. The van der Waals surface area contributed by atoms with Crippen LogP contribution in [0.2, 0.25) is 0 Å². The SMILES string of the molecule is Cc1ccc(OCNC(=O)NCCc2ccc(S(N)(=O)=O)cc2)c(C(C)(C)C)c1. The average molecular weight is 420 g/mol. The van der Waals surface area contributed by atoms with Gasteiger partial charge in [0.25, 0.3) is 0 Å². The lowest BCUT2D eigenvalue weighted by Crippen LogP contribution is -2.38. The van der Waals surface area contributed by atoms with Crippen molar-refractivity contribution >= 4 is 16.1 Å². The molecule has 0 saturated heterocycles. The van der Waals surface area contributed by atoms with Crippen LogP contribution in [-0.2, 0) is 21.9 Å². The first-order valence-electron chi connectivity index (χ1n) is 9.34. The van der Waals surface area contributed by atoms with Crippen molar-refractivity contribution in [2.24, 2.45) is 5.14 Å². The second kappa shape index (κ2) is 9.28. The molecule has 0 aliphatic rings. The Bertz CT molecular complexity index is 949. The van der Waals surface area contributed by atoms with E-state index in [1.807, 2.05) is 19.1 Å². The van der Waals surface area contributed by atoms with Crippen molar-refractivity contribution in [1.82, 2.24) is 10.6 Å². The highest BCUT2D eigenvalue weighted by Crippen LogP contribution is 2.31. The molecule has 158 valence electrons. The minimum absolute atomic E-state index is 0.0566. The summed E-state index contributed by atoms with van der Waals surface area (Å²) in [5.74, 6) is 0.748. The van der Waals surface area contributed by atoms with Crippen LogP contribution in [0.1, 0.15) is 37.5 Å². The smallest absolute Gasteiger partial charge is 0.317 e. The number of rotatable bonds is 7. The molecule has 0 bridgehead atoms. The van der Waals surface area contributed by atoms with E-state index in [-0.39, 0.29) is 23.1 Å². The van der Waals surface area contributed by atoms with Gasteiger partial charge in [0.1, 0.15) is 5.75 Å². The predicted molar refractivity (Wildman–Crippen MR) is 113 cm³/mol. The maximum absolute atomic E-state index is 11.9. The number of nitrogens with one attached hydrogen (secondary N) is 2. The maximum atomic E-state index is 11.9. The van der Waals surface area contributed by atoms with Crippen LogP contribution in [0.15, 0.2) is 47.4 Å². The highest BCUT2D eigenvalue weighted by molar-refractivity contribution is 7.89. The Kier molecular flexibility index (Phi) is 7.26. The molecule has 4 N–H and O–H groups in total. The number of aryl methyl sites for hydroxylation is 1. The van der Waals surface area contributed by atoms with Crippen LogP contribution in [0, 0.1) is 6.92 Å². The third-order valence-electron chi connectivity index (χ3n) is 4.35. The molecular formula is C21H29N3O4S. The summed E-state index contributed by atoms with van der Waals surface area (Å²) in [6, 6.07) is 11.9. The van der Waals surface area contributed by atoms with E-state index >= 15 is 0 Å². The maximum Gasteiger partial charge on any atom is 0.317 e. The molecule has 2 amide bonds. The van der Waals surface area contributed by atoms with Gasteiger partial charge in [-0.05, 0) is 48.1 Å². The van der Waals surface area contributed by atoms with Crippen LogP contribution in [0.3, 0.4) is 0 Å². The van der Waals surface area contributed by atoms with Crippen molar-refractivity contribution in [2.75, 3.05) is 13.3 Å². The van der Waals surface area contributed by atoms with E-state index in [1.54, 1.807) is 12.1 Å². The number of primary sulfonamides is 1.